The molecule has 76 heavy (non-hydrogen) atoms. The normalized spacial score (nSPS) is 24.4. The summed E-state index contributed by atoms with van der Waals surface area (Å²) in [7, 11) is 0. The van der Waals surface area contributed by atoms with Crippen LogP contribution in [0.5, 0.6) is 0 Å². The summed E-state index contributed by atoms with van der Waals surface area (Å²) in [4.78, 5) is 25.9. The molecule has 2 saturated heterocycles. The molecule has 11 atom stereocenters. The van der Waals surface area contributed by atoms with Crippen molar-refractivity contribution in [3.63, 3.8) is 0 Å². The fourth-order valence-electron chi connectivity index (χ4n) is 9.87. The van der Waals surface area contributed by atoms with Crippen LogP contribution in [0.3, 0.4) is 0 Å². The largest absolute Gasteiger partial charge is 0.462 e. The summed E-state index contributed by atoms with van der Waals surface area (Å²) in [6, 6.07) is 0. The predicted molar refractivity (Wildman–Crippen MR) is 298 cm³/mol. The van der Waals surface area contributed by atoms with E-state index in [9.17, 15) is 45.3 Å². The van der Waals surface area contributed by atoms with Crippen molar-refractivity contribution < 1.29 is 73.8 Å². The van der Waals surface area contributed by atoms with Crippen molar-refractivity contribution in [1.82, 2.24) is 0 Å². The van der Waals surface area contributed by atoms with Gasteiger partial charge >= 0.3 is 11.9 Å². The van der Waals surface area contributed by atoms with Gasteiger partial charge in [0.15, 0.2) is 18.7 Å². The van der Waals surface area contributed by atoms with Crippen molar-refractivity contribution in [2.24, 2.45) is 0 Å². The highest BCUT2D eigenvalue weighted by molar-refractivity contribution is 5.70. The highest BCUT2D eigenvalue weighted by Gasteiger charge is 2.47. The van der Waals surface area contributed by atoms with E-state index < -0.39 is 92.7 Å². The topological polar surface area (TPSA) is 231 Å². The molecule has 0 aromatic carbocycles. The Balaban J connectivity index is 1.72. The van der Waals surface area contributed by atoms with Gasteiger partial charge in [-0.2, -0.15) is 0 Å². The number of ether oxygens (including phenoxy) is 6. The number of rotatable bonds is 50. The van der Waals surface area contributed by atoms with E-state index in [0.717, 1.165) is 44.9 Å². The summed E-state index contributed by atoms with van der Waals surface area (Å²) in [5, 5.41) is 72.3. The Morgan fingerprint density at radius 1 is 0.408 bits per heavy atom. The maximum atomic E-state index is 13.1. The van der Waals surface area contributed by atoms with E-state index >= 15 is 0 Å². The number of aliphatic hydroxyl groups excluding tert-OH is 7. The van der Waals surface area contributed by atoms with Crippen LogP contribution in [0.15, 0.2) is 24.3 Å². The van der Waals surface area contributed by atoms with Gasteiger partial charge in [0.1, 0.15) is 55.4 Å². The second-order valence-electron chi connectivity index (χ2n) is 21.9. The molecule has 0 bridgehead atoms. The minimum Gasteiger partial charge on any atom is -0.462 e. The molecule has 0 saturated carbocycles. The maximum Gasteiger partial charge on any atom is 0.306 e. The molecular formula is C61H112O15. The van der Waals surface area contributed by atoms with Crippen LogP contribution >= 0.6 is 0 Å². The molecule has 0 spiro atoms. The van der Waals surface area contributed by atoms with Crippen LogP contribution in [-0.4, -0.2) is 142 Å². The van der Waals surface area contributed by atoms with E-state index in [1.54, 1.807) is 0 Å². The number of carbonyl (C=O) groups excluding carboxylic acids is 2. The minimum atomic E-state index is -1.77. The molecule has 446 valence electrons. The zero-order valence-corrected chi connectivity index (χ0v) is 47.8. The molecule has 0 aromatic rings. The van der Waals surface area contributed by atoms with Crippen molar-refractivity contribution >= 4 is 11.9 Å². The molecule has 2 fully saturated rings. The molecule has 0 aromatic heterocycles. The summed E-state index contributed by atoms with van der Waals surface area (Å²) < 4.78 is 33.7. The van der Waals surface area contributed by atoms with Crippen LogP contribution in [0.2, 0.25) is 0 Å². The van der Waals surface area contributed by atoms with Crippen LogP contribution in [0.25, 0.3) is 0 Å². The highest BCUT2D eigenvalue weighted by atomic mass is 16.7. The first-order valence-corrected chi connectivity index (χ1v) is 30.9. The number of aliphatic hydroxyl groups is 7. The van der Waals surface area contributed by atoms with Gasteiger partial charge in [-0.3, -0.25) is 9.59 Å². The van der Waals surface area contributed by atoms with Gasteiger partial charge in [-0.25, -0.2) is 0 Å². The molecule has 15 nitrogen and oxygen atoms in total. The van der Waals surface area contributed by atoms with Crippen LogP contribution in [0, 0.1) is 0 Å². The number of unbranched alkanes of at least 4 members (excludes halogenated alkanes) is 32. The Bertz CT molecular complexity index is 1410. The molecule has 2 rings (SSSR count). The number of hydrogen-bond donors (Lipinski definition) is 7. The minimum absolute atomic E-state index is 0.160. The van der Waals surface area contributed by atoms with Gasteiger partial charge in [-0.15, -0.1) is 0 Å². The van der Waals surface area contributed by atoms with Crippen molar-refractivity contribution in [2.75, 3.05) is 26.4 Å². The lowest BCUT2D eigenvalue weighted by Gasteiger charge is -2.42. The molecule has 0 radical (unpaired) electrons. The molecule has 2 heterocycles. The number of allylic oxidation sites excluding steroid dienone is 4. The standard InChI is InChI=1S/C61H112O15/c1-3-5-7-9-11-13-15-17-19-21-22-23-24-25-26-28-29-31-33-35-37-39-41-43-52(63)71-46-49(74-53(64)44-42-40-38-36-34-32-30-27-20-18-16-14-12-10-8-6-4-2)47-72-60-59(70)57(68)55(66)51(76-60)48-73-61-58(69)56(67)54(65)50(45-62)75-61/h14,16,35,37,49-51,54-62,65-70H,3-13,15,17-34,36,38-48H2,1-2H3/b16-14+,37-35+/t49-,50+,51+,54-,55-,56?,57?,58?,59?,60+,61+/m0/s1. The Morgan fingerprint density at radius 3 is 1.21 bits per heavy atom. The first kappa shape index (κ1) is 70.1. The number of carbonyl (C=O) groups is 2. The Labute approximate surface area is 460 Å². The molecule has 2 aliphatic heterocycles. The van der Waals surface area contributed by atoms with E-state index in [1.165, 1.54) is 173 Å². The zero-order chi connectivity index (χ0) is 55.3. The predicted octanol–water partition coefficient (Wildman–Crippen LogP) is 11.1. The van der Waals surface area contributed by atoms with Crippen molar-refractivity contribution in [3.8, 4) is 0 Å². The monoisotopic (exact) mass is 1080 g/mol. The van der Waals surface area contributed by atoms with Gasteiger partial charge in [-0.05, 0) is 57.8 Å². The second kappa shape index (κ2) is 47.8. The lowest BCUT2D eigenvalue weighted by molar-refractivity contribution is -0.332. The van der Waals surface area contributed by atoms with Crippen LogP contribution < -0.4 is 0 Å². The van der Waals surface area contributed by atoms with Crippen LogP contribution in [-0.2, 0) is 38.0 Å². The second-order valence-corrected chi connectivity index (χ2v) is 21.9. The quantitative estimate of drug-likeness (QED) is 0.0171. The maximum absolute atomic E-state index is 13.1. The van der Waals surface area contributed by atoms with Gasteiger partial charge in [0.25, 0.3) is 0 Å². The first-order chi connectivity index (χ1) is 37.0. The molecule has 7 N–H and O–H groups in total. The lowest BCUT2D eigenvalue weighted by atomic mass is 9.98. The van der Waals surface area contributed by atoms with Crippen LogP contribution in [0.4, 0.5) is 0 Å². The fraction of sp³-hybridized carbons (Fsp3) is 0.902. The van der Waals surface area contributed by atoms with Gasteiger partial charge in [0, 0.05) is 12.8 Å². The third kappa shape index (κ3) is 34.2. The summed E-state index contributed by atoms with van der Waals surface area (Å²) in [5.41, 5.74) is 0. The summed E-state index contributed by atoms with van der Waals surface area (Å²) >= 11 is 0. The van der Waals surface area contributed by atoms with Gasteiger partial charge in [0.2, 0.25) is 0 Å². The van der Waals surface area contributed by atoms with E-state index in [-0.39, 0.29) is 26.1 Å². The van der Waals surface area contributed by atoms with Crippen molar-refractivity contribution in [3.05, 3.63) is 24.3 Å². The molecule has 0 aliphatic carbocycles. The summed E-state index contributed by atoms with van der Waals surface area (Å²) in [5.74, 6) is -0.952. The summed E-state index contributed by atoms with van der Waals surface area (Å²) in [6.45, 7) is 2.60. The van der Waals surface area contributed by atoms with Gasteiger partial charge in [-0.1, -0.05) is 212 Å². The van der Waals surface area contributed by atoms with Gasteiger partial charge < -0.3 is 64.2 Å². The Hall–Kier alpha value is -2.02. The third-order valence-corrected chi connectivity index (χ3v) is 14.9. The first-order valence-electron chi connectivity index (χ1n) is 30.9. The van der Waals surface area contributed by atoms with E-state index in [1.807, 2.05) is 0 Å². The molecular weight excluding hydrogens is 973 g/mol. The molecule has 0 amide bonds. The fourth-order valence-corrected chi connectivity index (χ4v) is 9.87. The average Bonchev–Trinajstić information content (AvgIpc) is 3.41. The van der Waals surface area contributed by atoms with E-state index in [2.05, 4.69) is 38.2 Å². The smallest absolute Gasteiger partial charge is 0.306 e. The SMILES string of the molecule is CCCCCC/C=C/CCCCCCCCCCCC(=O)O[C@@H](COC(=O)CCC/C=C/CCCCCCCCCCCCCCCCCCCC)CO[C@@H]1O[C@H](CO[C@@H]2O[C@H](CO)[C@H](O)C(O)C2O)[C@H](O)C(O)C1O. The highest BCUT2D eigenvalue weighted by Crippen LogP contribution is 2.27. The van der Waals surface area contributed by atoms with Crippen molar-refractivity contribution in [1.29, 1.82) is 0 Å². The van der Waals surface area contributed by atoms with E-state index in [0.29, 0.717) is 12.8 Å². The summed E-state index contributed by atoms with van der Waals surface area (Å²) in [6.07, 6.45) is 36.4. The average molecular weight is 1090 g/mol. The number of esters is 2. The van der Waals surface area contributed by atoms with Gasteiger partial charge in [0.05, 0.1) is 19.8 Å². The third-order valence-electron chi connectivity index (χ3n) is 14.9. The molecule has 15 heteroatoms. The Kier molecular flexibility index (Phi) is 44.0. The molecule has 4 unspecified atom stereocenters. The van der Waals surface area contributed by atoms with Crippen molar-refractivity contribution in [2.45, 2.75) is 325 Å². The number of hydrogen-bond acceptors (Lipinski definition) is 15. The zero-order valence-electron chi connectivity index (χ0n) is 47.8. The molecule has 2 aliphatic rings. The van der Waals surface area contributed by atoms with Crippen LogP contribution in [0.1, 0.15) is 258 Å². The van der Waals surface area contributed by atoms with E-state index in [4.69, 9.17) is 28.4 Å². The lowest BCUT2D eigenvalue weighted by Crippen LogP contribution is -2.61. The Morgan fingerprint density at radius 2 is 0.763 bits per heavy atom.